The van der Waals surface area contributed by atoms with Gasteiger partial charge in [0.25, 0.3) is 0 Å². The fourth-order valence-corrected chi connectivity index (χ4v) is 2.33. The highest BCUT2D eigenvalue weighted by Crippen LogP contribution is 2.37. The van der Waals surface area contributed by atoms with Crippen molar-refractivity contribution in [1.82, 2.24) is 4.98 Å². The Labute approximate surface area is 116 Å². The van der Waals surface area contributed by atoms with E-state index in [1.165, 1.54) is 0 Å². The van der Waals surface area contributed by atoms with Crippen LogP contribution in [-0.2, 0) is 0 Å². The zero-order valence-corrected chi connectivity index (χ0v) is 11.4. The molecular formula is C14H14ClNO3. The first-order chi connectivity index (χ1) is 9.10. The predicted molar refractivity (Wildman–Crippen MR) is 73.9 cm³/mol. The largest absolute Gasteiger partial charge is 0.495 e. The van der Waals surface area contributed by atoms with E-state index in [4.69, 9.17) is 21.4 Å². The third-order valence-corrected chi connectivity index (χ3v) is 3.43. The number of carbonyl (C=O) groups is 1. The molecule has 0 amide bonds. The first-order valence-electron chi connectivity index (χ1n) is 5.75. The van der Waals surface area contributed by atoms with Crippen molar-refractivity contribution in [3.63, 3.8) is 0 Å². The second-order valence-electron chi connectivity index (χ2n) is 4.11. The van der Waals surface area contributed by atoms with Crippen LogP contribution in [0.5, 0.6) is 5.75 Å². The Kier molecular flexibility index (Phi) is 3.93. The van der Waals surface area contributed by atoms with Crippen LogP contribution in [0.3, 0.4) is 0 Å². The van der Waals surface area contributed by atoms with E-state index in [-0.39, 0.29) is 5.78 Å². The number of aliphatic hydroxyl groups excluding tert-OH is 1. The van der Waals surface area contributed by atoms with Gasteiger partial charge in [-0.1, -0.05) is 23.7 Å². The van der Waals surface area contributed by atoms with Crippen molar-refractivity contribution >= 4 is 17.4 Å². The number of methoxy groups -OCH3 is 1. The molecule has 2 aromatic rings. The lowest BCUT2D eigenvalue weighted by Gasteiger charge is -2.08. The second kappa shape index (κ2) is 5.47. The van der Waals surface area contributed by atoms with Crippen LogP contribution < -0.4 is 4.74 Å². The fraction of sp³-hybridized carbons (Fsp3) is 0.214. The van der Waals surface area contributed by atoms with Gasteiger partial charge in [0.05, 0.1) is 17.8 Å². The molecule has 0 spiro atoms. The summed E-state index contributed by atoms with van der Waals surface area (Å²) in [4.78, 5) is 14.4. The van der Waals surface area contributed by atoms with Gasteiger partial charge in [0, 0.05) is 17.3 Å². The van der Waals surface area contributed by atoms with Crippen LogP contribution in [0.25, 0.3) is 11.1 Å². The number of carbonyl (C=O) groups excluding carboxylic acids is 1. The maximum atomic E-state index is 11.5. The minimum Gasteiger partial charge on any atom is -0.495 e. The number of ether oxygens (including phenoxy) is 1. The Hall–Kier alpha value is -1.78. The summed E-state index contributed by atoms with van der Waals surface area (Å²) in [5.41, 5.74) is 2.76. The molecule has 0 bridgehead atoms. The summed E-state index contributed by atoms with van der Waals surface area (Å²) >= 11 is 6.26. The standard InChI is InChI=1S/C14H14ClNO3/c1-8-10(6-16-14(8)11(18)7-17)9-4-3-5-12(19-2)13(9)15/h3-6,16-17H,7H2,1-2H3. The molecule has 2 N–H and O–H groups in total. The molecule has 4 nitrogen and oxygen atoms in total. The van der Waals surface area contributed by atoms with E-state index in [1.54, 1.807) is 19.4 Å². The number of aromatic amines is 1. The highest BCUT2D eigenvalue weighted by atomic mass is 35.5. The maximum Gasteiger partial charge on any atom is 0.204 e. The van der Waals surface area contributed by atoms with Gasteiger partial charge < -0.3 is 14.8 Å². The van der Waals surface area contributed by atoms with Crippen LogP contribution >= 0.6 is 11.6 Å². The van der Waals surface area contributed by atoms with Gasteiger partial charge in [-0.2, -0.15) is 0 Å². The number of benzene rings is 1. The molecular weight excluding hydrogens is 266 g/mol. The lowest BCUT2D eigenvalue weighted by molar-refractivity contribution is 0.0898. The molecule has 5 heteroatoms. The van der Waals surface area contributed by atoms with E-state index in [1.807, 2.05) is 19.1 Å². The molecule has 0 saturated heterocycles. The average Bonchev–Trinajstić information content (AvgIpc) is 2.80. The van der Waals surface area contributed by atoms with E-state index in [2.05, 4.69) is 4.98 Å². The Balaban J connectivity index is 2.55. The number of aromatic nitrogens is 1. The molecule has 0 atom stereocenters. The molecule has 2 rings (SSSR count). The number of ketones is 1. The van der Waals surface area contributed by atoms with Crippen molar-refractivity contribution in [3.05, 3.63) is 40.7 Å². The first-order valence-corrected chi connectivity index (χ1v) is 6.12. The van der Waals surface area contributed by atoms with Crippen LogP contribution in [-0.4, -0.2) is 29.6 Å². The maximum absolute atomic E-state index is 11.5. The number of rotatable bonds is 4. The van der Waals surface area contributed by atoms with Gasteiger partial charge in [-0.3, -0.25) is 4.79 Å². The number of aliphatic hydroxyl groups is 1. The quantitative estimate of drug-likeness (QED) is 0.846. The Morgan fingerprint density at radius 2 is 2.16 bits per heavy atom. The van der Waals surface area contributed by atoms with Crippen molar-refractivity contribution in [2.45, 2.75) is 6.92 Å². The molecule has 1 aromatic heterocycles. The van der Waals surface area contributed by atoms with Gasteiger partial charge in [-0.25, -0.2) is 0 Å². The van der Waals surface area contributed by atoms with Gasteiger partial charge in [-0.15, -0.1) is 0 Å². The highest BCUT2D eigenvalue weighted by Gasteiger charge is 2.17. The summed E-state index contributed by atoms with van der Waals surface area (Å²) in [7, 11) is 1.55. The van der Waals surface area contributed by atoms with Gasteiger partial charge in [-0.05, 0) is 18.6 Å². The lowest BCUT2D eigenvalue weighted by atomic mass is 10.0. The molecule has 19 heavy (non-hydrogen) atoms. The summed E-state index contributed by atoms with van der Waals surface area (Å²) in [6, 6.07) is 5.46. The second-order valence-corrected chi connectivity index (χ2v) is 4.48. The third kappa shape index (κ3) is 2.37. The molecule has 0 radical (unpaired) electrons. The zero-order chi connectivity index (χ0) is 14.0. The van der Waals surface area contributed by atoms with Gasteiger partial charge in [0.1, 0.15) is 12.4 Å². The zero-order valence-electron chi connectivity index (χ0n) is 10.7. The molecule has 0 unspecified atom stereocenters. The van der Waals surface area contributed by atoms with Crippen LogP contribution in [0.15, 0.2) is 24.4 Å². The summed E-state index contributed by atoms with van der Waals surface area (Å²) in [6.07, 6.45) is 1.71. The summed E-state index contributed by atoms with van der Waals surface area (Å²) in [5, 5.41) is 9.41. The monoisotopic (exact) mass is 279 g/mol. The number of halogens is 1. The van der Waals surface area contributed by atoms with Crippen LogP contribution in [0.2, 0.25) is 5.02 Å². The molecule has 1 aromatic carbocycles. The third-order valence-electron chi connectivity index (χ3n) is 3.04. The molecule has 0 aliphatic rings. The topological polar surface area (TPSA) is 62.3 Å². The van der Waals surface area contributed by atoms with Crippen molar-refractivity contribution in [2.75, 3.05) is 13.7 Å². The van der Waals surface area contributed by atoms with E-state index in [9.17, 15) is 4.79 Å². The number of hydrogen-bond donors (Lipinski definition) is 2. The van der Waals surface area contributed by atoms with Crippen LogP contribution in [0.4, 0.5) is 0 Å². The van der Waals surface area contributed by atoms with Crippen LogP contribution in [0, 0.1) is 6.92 Å². The average molecular weight is 280 g/mol. The van der Waals surface area contributed by atoms with Crippen molar-refractivity contribution in [2.24, 2.45) is 0 Å². The van der Waals surface area contributed by atoms with Gasteiger partial charge in [0.15, 0.2) is 0 Å². The minimum atomic E-state index is -0.521. The summed E-state index contributed by atoms with van der Waals surface area (Å²) < 4.78 is 5.17. The van der Waals surface area contributed by atoms with E-state index in [0.29, 0.717) is 16.5 Å². The number of nitrogens with one attached hydrogen (secondary N) is 1. The Morgan fingerprint density at radius 3 is 2.79 bits per heavy atom. The minimum absolute atomic E-state index is 0.345. The molecule has 0 saturated carbocycles. The predicted octanol–water partition coefficient (Wildman–Crippen LogP) is 2.83. The van der Waals surface area contributed by atoms with Crippen molar-refractivity contribution in [3.8, 4) is 16.9 Å². The molecule has 0 aliphatic carbocycles. The molecule has 0 aliphatic heterocycles. The molecule has 100 valence electrons. The van der Waals surface area contributed by atoms with Crippen molar-refractivity contribution < 1.29 is 14.6 Å². The van der Waals surface area contributed by atoms with Crippen LogP contribution in [0.1, 0.15) is 16.1 Å². The Morgan fingerprint density at radius 1 is 1.42 bits per heavy atom. The molecule has 0 fully saturated rings. The number of hydrogen-bond acceptors (Lipinski definition) is 3. The Bertz CT molecular complexity index is 619. The highest BCUT2D eigenvalue weighted by molar-refractivity contribution is 6.34. The van der Waals surface area contributed by atoms with Gasteiger partial charge >= 0.3 is 0 Å². The normalized spacial score (nSPS) is 10.5. The van der Waals surface area contributed by atoms with Crippen molar-refractivity contribution in [1.29, 1.82) is 0 Å². The van der Waals surface area contributed by atoms with E-state index >= 15 is 0 Å². The summed E-state index contributed by atoms with van der Waals surface area (Å²) in [6.45, 7) is 1.29. The lowest BCUT2D eigenvalue weighted by Crippen LogP contribution is -2.06. The summed E-state index contributed by atoms with van der Waals surface area (Å²) in [5.74, 6) is 0.234. The number of Topliss-reactive ketones (excluding diaryl/α,β-unsaturated/α-hetero) is 1. The number of H-pyrrole nitrogens is 1. The fourth-order valence-electron chi connectivity index (χ4n) is 2.02. The van der Waals surface area contributed by atoms with E-state index in [0.717, 1.165) is 16.7 Å². The van der Waals surface area contributed by atoms with E-state index < -0.39 is 6.61 Å². The smallest absolute Gasteiger partial charge is 0.204 e. The van der Waals surface area contributed by atoms with Gasteiger partial charge in [0.2, 0.25) is 5.78 Å². The SMILES string of the molecule is COc1cccc(-c2c[nH]c(C(=O)CO)c2C)c1Cl. The first kappa shape index (κ1) is 13.6. The molecule has 1 heterocycles.